The quantitative estimate of drug-likeness (QED) is 0.896. The maximum Gasteiger partial charge on any atom is 0.238 e. The summed E-state index contributed by atoms with van der Waals surface area (Å²) in [4.78, 5) is 5.44. The lowest BCUT2D eigenvalue weighted by molar-refractivity contribution is 0.288. The molecule has 1 aromatic heterocycles. The second-order valence-corrected chi connectivity index (χ2v) is 6.30. The lowest BCUT2D eigenvalue weighted by atomic mass is 10.4. The highest BCUT2D eigenvalue weighted by molar-refractivity contribution is 7.99. The Bertz CT molecular complexity index is 617. The van der Waals surface area contributed by atoms with Gasteiger partial charge in [0.15, 0.2) is 0 Å². The number of pyridine rings is 1. The third-order valence-electron chi connectivity index (χ3n) is 3.07. The molecular weight excluding hydrogens is 292 g/mol. The molecule has 0 amide bonds. The number of ether oxygens (including phenoxy) is 1. The summed E-state index contributed by atoms with van der Waals surface area (Å²) in [6.45, 7) is 0.706. The maximum absolute atomic E-state index is 6.15. The van der Waals surface area contributed by atoms with E-state index in [9.17, 15) is 0 Å². The van der Waals surface area contributed by atoms with Crippen LogP contribution in [0.1, 0.15) is 12.8 Å². The minimum atomic E-state index is 0.522. The highest BCUT2D eigenvalue weighted by Crippen LogP contribution is 2.35. The zero-order valence-corrected chi connectivity index (χ0v) is 12.5. The molecule has 1 heterocycles. The minimum Gasteiger partial charge on any atom is -0.476 e. The van der Waals surface area contributed by atoms with Crippen LogP contribution in [0.15, 0.2) is 46.3 Å². The van der Waals surface area contributed by atoms with Gasteiger partial charge in [-0.05, 0) is 43.0 Å². The Kier molecular flexibility index (Phi) is 4.03. The van der Waals surface area contributed by atoms with Crippen LogP contribution in [0.5, 0.6) is 5.88 Å². The van der Waals surface area contributed by atoms with Crippen LogP contribution in [0.25, 0.3) is 0 Å². The topological polar surface area (TPSA) is 48.1 Å². The van der Waals surface area contributed by atoms with Crippen molar-refractivity contribution in [3.05, 3.63) is 41.4 Å². The smallest absolute Gasteiger partial charge is 0.238 e. The number of benzene rings is 1. The van der Waals surface area contributed by atoms with Crippen molar-refractivity contribution in [2.24, 2.45) is 5.92 Å². The van der Waals surface area contributed by atoms with Gasteiger partial charge >= 0.3 is 0 Å². The zero-order chi connectivity index (χ0) is 13.9. The van der Waals surface area contributed by atoms with Gasteiger partial charge in [0.05, 0.1) is 17.3 Å². The van der Waals surface area contributed by atoms with E-state index in [-0.39, 0.29) is 0 Å². The molecule has 1 fully saturated rings. The fourth-order valence-electron chi connectivity index (χ4n) is 1.73. The average molecular weight is 307 g/mol. The molecule has 0 aliphatic heterocycles. The van der Waals surface area contributed by atoms with Gasteiger partial charge in [-0.15, -0.1) is 0 Å². The number of rotatable bonds is 5. The molecule has 3 nitrogen and oxygen atoms in total. The van der Waals surface area contributed by atoms with E-state index in [4.69, 9.17) is 22.1 Å². The van der Waals surface area contributed by atoms with E-state index in [1.165, 1.54) is 24.6 Å². The fraction of sp³-hybridized carbons (Fsp3) is 0.267. The van der Waals surface area contributed by atoms with E-state index in [1.807, 2.05) is 36.4 Å². The molecular formula is C15H15ClN2OS. The zero-order valence-electron chi connectivity index (χ0n) is 10.9. The molecule has 20 heavy (non-hydrogen) atoms. The minimum absolute atomic E-state index is 0.522. The number of anilines is 1. The molecule has 104 valence electrons. The van der Waals surface area contributed by atoms with Crippen molar-refractivity contribution in [1.82, 2.24) is 4.98 Å². The molecule has 0 saturated heterocycles. The van der Waals surface area contributed by atoms with E-state index < -0.39 is 0 Å². The molecule has 2 N–H and O–H groups in total. The van der Waals surface area contributed by atoms with E-state index in [1.54, 1.807) is 0 Å². The largest absolute Gasteiger partial charge is 0.476 e. The number of nitrogens with zero attached hydrogens (tertiary/aromatic N) is 1. The summed E-state index contributed by atoms with van der Waals surface area (Å²) in [7, 11) is 0. The molecule has 3 rings (SSSR count). The lowest BCUT2D eigenvalue weighted by Gasteiger charge is -2.09. The van der Waals surface area contributed by atoms with E-state index in [0.717, 1.165) is 14.9 Å². The first-order valence-corrected chi connectivity index (χ1v) is 7.73. The third kappa shape index (κ3) is 3.38. The lowest BCUT2D eigenvalue weighted by Crippen LogP contribution is -2.04. The van der Waals surface area contributed by atoms with Crippen molar-refractivity contribution in [2.45, 2.75) is 22.8 Å². The van der Waals surface area contributed by atoms with E-state index in [2.05, 4.69) is 4.98 Å². The van der Waals surface area contributed by atoms with Crippen molar-refractivity contribution in [2.75, 3.05) is 12.3 Å². The van der Waals surface area contributed by atoms with Gasteiger partial charge in [-0.25, -0.2) is 4.98 Å². The van der Waals surface area contributed by atoms with E-state index in [0.29, 0.717) is 24.1 Å². The van der Waals surface area contributed by atoms with Gasteiger partial charge in [0.25, 0.3) is 0 Å². The molecule has 0 bridgehead atoms. The Morgan fingerprint density at radius 3 is 2.80 bits per heavy atom. The SMILES string of the molecule is Nc1ccc(Sc2ccccc2Cl)nc1OCC1CC1. The molecule has 0 atom stereocenters. The summed E-state index contributed by atoms with van der Waals surface area (Å²) >= 11 is 7.66. The summed E-state index contributed by atoms with van der Waals surface area (Å²) in [6, 6.07) is 11.4. The maximum atomic E-state index is 6.15. The average Bonchev–Trinajstić information content (AvgIpc) is 3.26. The first-order chi connectivity index (χ1) is 9.72. The van der Waals surface area contributed by atoms with Gasteiger partial charge in [0, 0.05) is 4.90 Å². The molecule has 5 heteroatoms. The molecule has 1 aliphatic rings. The first-order valence-electron chi connectivity index (χ1n) is 6.54. The van der Waals surface area contributed by atoms with Crippen molar-refractivity contribution in [1.29, 1.82) is 0 Å². The van der Waals surface area contributed by atoms with Crippen LogP contribution in [-0.4, -0.2) is 11.6 Å². The number of halogens is 1. The molecule has 2 aromatic rings. The predicted octanol–water partition coefficient (Wildman–Crippen LogP) is 4.26. The Morgan fingerprint density at radius 2 is 2.05 bits per heavy atom. The Morgan fingerprint density at radius 1 is 1.25 bits per heavy atom. The van der Waals surface area contributed by atoms with Gasteiger partial charge < -0.3 is 10.5 Å². The van der Waals surface area contributed by atoms with Gasteiger partial charge in [-0.2, -0.15) is 0 Å². The monoisotopic (exact) mass is 306 g/mol. The van der Waals surface area contributed by atoms with Crippen LogP contribution in [0.2, 0.25) is 5.02 Å². The van der Waals surface area contributed by atoms with Crippen molar-refractivity contribution in [3.8, 4) is 5.88 Å². The number of nitrogens with two attached hydrogens (primary N) is 1. The summed E-state index contributed by atoms with van der Waals surface area (Å²) in [5, 5.41) is 1.55. The molecule has 1 aromatic carbocycles. The predicted molar refractivity (Wildman–Crippen MR) is 82.4 cm³/mol. The van der Waals surface area contributed by atoms with Crippen LogP contribution in [-0.2, 0) is 0 Å². The van der Waals surface area contributed by atoms with Gasteiger partial charge in [0.2, 0.25) is 5.88 Å². The molecule has 0 unspecified atom stereocenters. The Labute approximate surface area is 127 Å². The van der Waals surface area contributed by atoms with Crippen LogP contribution in [0, 0.1) is 5.92 Å². The van der Waals surface area contributed by atoms with E-state index >= 15 is 0 Å². The van der Waals surface area contributed by atoms with Crippen LogP contribution < -0.4 is 10.5 Å². The van der Waals surface area contributed by atoms with Crippen LogP contribution >= 0.6 is 23.4 Å². The number of hydrogen-bond donors (Lipinski definition) is 1. The highest BCUT2D eigenvalue weighted by Gasteiger charge is 2.22. The second-order valence-electron chi connectivity index (χ2n) is 4.83. The van der Waals surface area contributed by atoms with Crippen LogP contribution in [0.4, 0.5) is 5.69 Å². The molecule has 0 radical (unpaired) electrons. The summed E-state index contributed by atoms with van der Waals surface area (Å²) in [5.74, 6) is 1.20. The number of aromatic nitrogens is 1. The summed E-state index contributed by atoms with van der Waals surface area (Å²) in [5.41, 5.74) is 6.47. The molecule has 1 saturated carbocycles. The number of hydrogen-bond acceptors (Lipinski definition) is 4. The summed E-state index contributed by atoms with van der Waals surface area (Å²) in [6.07, 6.45) is 2.49. The second kappa shape index (κ2) is 5.94. The fourth-order valence-corrected chi connectivity index (χ4v) is 2.78. The third-order valence-corrected chi connectivity index (χ3v) is 4.52. The Hall–Kier alpha value is -1.39. The van der Waals surface area contributed by atoms with Gasteiger partial charge in [-0.1, -0.05) is 35.5 Å². The van der Waals surface area contributed by atoms with Crippen LogP contribution in [0.3, 0.4) is 0 Å². The summed E-state index contributed by atoms with van der Waals surface area (Å²) < 4.78 is 5.69. The van der Waals surface area contributed by atoms with Crippen molar-refractivity contribution < 1.29 is 4.74 Å². The Balaban J connectivity index is 1.75. The van der Waals surface area contributed by atoms with Gasteiger partial charge in [-0.3, -0.25) is 0 Å². The molecule has 1 aliphatic carbocycles. The van der Waals surface area contributed by atoms with Crippen molar-refractivity contribution in [3.63, 3.8) is 0 Å². The molecule has 0 spiro atoms. The first kappa shape index (κ1) is 13.6. The highest BCUT2D eigenvalue weighted by atomic mass is 35.5. The van der Waals surface area contributed by atoms with Gasteiger partial charge in [0.1, 0.15) is 5.03 Å². The standard InChI is InChI=1S/C15H15ClN2OS/c16-11-3-1-2-4-13(11)20-14-8-7-12(17)15(18-14)19-9-10-5-6-10/h1-4,7-8,10H,5-6,9,17H2. The van der Waals surface area contributed by atoms with Crippen molar-refractivity contribution >= 4 is 29.1 Å². The number of nitrogen functional groups attached to an aromatic ring is 1. The normalized spacial score (nSPS) is 14.2.